The fourth-order valence-corrected chi connectivity index (χ4v) is 5.60. The molecule has 1 unspecified atom stereocenters. The van der Waals surface area contributed by atoms with Gasteiger partial charge in [-0.15, -0.1) is 10.2 Å². The summed E-state index contributed by atoms with van der Waals surface area (Å²) in [6.07, 6.45) is 3.19. The van der Waals surface area contributed by atoms with Gasteiger partial charge >= 0.3 is 0 Å². The van der Waals surface area contributed by atoms with Crippen molar-refractivity contribution in [1.82, 2.24) is 14.5 Å². The second-order valence-corrected chi connectivity index (χ2v) is 9.71. The van der Waals surface area contributed by atoms with Crippen LogP contribution in [0.1, 0.15) is 29.3 Å². The van der Waals surface area contributed by atoms with E-state index in [0.29, 0.717) is 23.7 Å². The van der Waals surface area contributed by atoms with Gasteiger partial charge in [-0.2, -0.15) is 4.31 Å². The van der Waals surface area contributed by atoms with Crippen LogP contribution in [0.15, 0.2) is 60.0 Å². The van der Waals surface area contributed by atoms with Crippen LogP contribution in [0.3, 0.4) is 0 Å². The molecular weight excluding hydrogens is 409 g/mol. The van der Waals surface area contributed by atoms with Gasteiger partial charge in [0.25, 0.3) is 0 Å². The molecule has 1 atom stereocenters. The van der Waals surface area contributed by atoms with E-state index in [0.717, 1.165) is 23.4 Å². The average molecular weight is 430 g/mol. The molecular formula is C21H20FN3O2S2. The first-order valence-electron chi connectivity index (χ1n) is 9.34. The maximum Gasteiger partial charge on any atom is 0.236 e. The van der Waals surface area contributed by atoms with Gasteiger partial charge in [0, 0.05) is 30.0 Å². The fourth-order valence-electron chi connectivity index (χ4n) is 3.33. The van der Waals surface area contributed by atoms with Gasteiger partial charge in [0.1, 0.15) is 10.8 Å². The van der Waals surface area contributed by atoms with Gasteiger partial charge in [0.15, 0.2) is 5.01 Å². The summed E-state index contributed by atoms with van der Waals surface area (Å²) in [5, 5.41) is 10.9. The zero-order valence-corrected chi connectivity index (χ0v) is 17.2. The number of nitrogens with zero attached hydrogens (tertiary/aromatic N) is 3. The van der Waals surface area contributed by atoms with Crippen molar-refractivity contribution in [3.05, 3.63) is 76.4 Å². The molecule has 1 saturated heterocycles. The minimum atomic E-state index is -3.53. The highest BCUT2D eigenvalue weighted by molar-refractivity contribution is 7.92. The summed E-state index contributed by atoms with van der Waals surface area (Å²) in [6, 6.07) is 15.8. The molecule has 0 N–H and O–H groups in total. The van der Waals surface area contributed by atoms with Crippen LogP contribution in [0, 0.1) is 5.82 Å². The van der Waals surface area contributed by atoms with Crippen LogP contribution < -0.4 is 0 Å². The van der Waals surface area contributed by atoms with Gasteiger partial charge < -0.3 is 0 Å². The standard InChI is InChI=1S/C21H20FN3O2S2/c22-19-11-5-4-10-18(19)21-24-23-20(28-21)17-9-6-13-25(15-17)29(26,27)14-12-16-7-2-1-3-8-16/h1-5,7-8,10-12,14,17H,6,9,13,15H2/b14-12+. The Morgan fingerprint density at radius 3 is 2.62 bits per heavy atom. The zero-order valence-electron chi connectivity index (χ0n) is 15.6. The van der Waals surface area contributed by atoms with Gasteiger partial charge in [-0.25, -0.2) is 12.8 Å². The molecule has 0 bridgehead atoms. The van der Waals surface area contributed by atoms with E-state index in [1.807, 2.05) is 30.3 Å². The monoisotopic (exact) mass is 429 g/mol. The van der Waals surface area contributed by atoms with Crippen molar-refractivity contribution in [1.29, 1.82) is 0 Å². The SMILES string of the molecule is O=S(=O)(/C=C/c1ccccc1)N1CCCC(c2nnc(-c3ccccc3F)s2)C1. The number of hydrogen-bond acceptors (Lipinski definition) is 5. The van der Waals surface area contributed by atoms with Crippen molar-refractivity contribution in [2.75, 3.05) is 13.1 Å². The Hall–Kier alpha value is -2.42. The summed E-state index contributed by atoms with van der Waals surface area (Å²) in [5.41, 5.74) is 1.26. The summed E-state index contributed by atoms with van der Waals surface area (Å²) < 4.78 is 41.0. The lowest BCUT2D eigenvalue weighted by atomic mass is 10.0. The molecule has 0 radical (unpaired) electrons. The lowest BCUT2D eigenvalue weighted by Crippen LogP contribution is -2.37. The summed E-state index contributed by atoms with van der Waals surface area (Å²) in [4.78, 5) is 0. The number of rotatable bonds is 5. The summed E-state index contributed by atoms with van der Waals surface area (Å²) >= 11 is 1.33. The number of sulfonamides is 1. The molecule has 0 saturated carbocycles. The summed E-state index contributed by atoms with van der Waals surface area (Å²) in [5.74, 6) is -0.379. The minimum Gasteiger partial charge on any atom is -0.208 e. The van der Waals surface area contributed by atoms with E-state index < -0.39 is 10.0 Å². The van der Waals surface area contributed by atoms with Crippen molar-refractivity contribution in [3.8, 4) is 10.6 Å². The highest BCUT2D eigenvalue weighted by Crippen LogP contribution is 2.34. The molecule has 29 heavy (non-hydrogen) atoms. The Morgan fingerprint density at radius 1 is 1.07 bits per heavy atom. The Labute approximate surface area is 173 Å². The molecule has 2 aromatic carbocycles. The predicted molar refractivity (Wildman–Crippen MR) is 113 cm³/mol. The molecule has 2 heterocycles. The summed E-state index contributed by atoms with van der Waals surface area (Å²) in [7, 11) is -3.53. The van der Waals surface area contributed by atoms with Crippen LogP contribution in [0.2, 0.25) is 0 Å². The van der Waals surface area contributed by atoms with E-state index in [1.165, 1.54) is 27.1 Å². The number of benzene rings is 2. The highest BCUT2D eigenvalue weighted by Gasteiger charge is 2.30. The third kappa shape index (κ3) is 4.60. The van der Waals surface area contributed by atoms with E-state index in [1.54, 1.807) is 24.3 Å². The van der Waals surface area contributed by atoms with Crippen molar-refractivity contribution in [2.24, 2.45) is 0 Å². The first kappa shape index (κ1) is 19.9. The number of hydrogen-bond donors (Lipinski definition) is 0. The van der Waals surface area contributed by atoms with Gasteiger partial charge in [-0.05, 0) is 36.6 Å². The molecule has 1 aliphatic rings. The van der Waals surface area contributed by atoms with Crippen molar-refractivity contribution >= 4 is 27.4 Å². The second kappa shape index (κ2) is 8.52. The molecule has 0 amide bonds. The molecule has 1 fully saturated rings. The smallest absolute Gasteiger partial charge is 0.208 e. The molecule has 4 rings (SSSR count). The van der Waals surface area contributed by atoms with E-state index in [2.05, 4.69) is 10.2 Å². The first-order chi connectivity index (χ1) is 14.0. The Bertz CT molecular complexity index is 1110. The molecule has 3 aromatic rings. The molecule has 5 nitrogen and oxygen atoms in total. The lowest BCUT2D eigenvalue weighted by molar-refractivity contribution is 0.318. The van der Waals surface area contributed by atoms with Crippen molar-refractivity contribution in [2.45, 2.75) is 18.8 Å². The Morgan fingerprint density at radius 2 is 1.83 bits per heavy atom. The second-order valence-electron chi connectivity index (χ2n) is 6.88. The predicted octanol–water partition coefficient (Wildman–Crippen LogP) is 4.52. The van der Waals surface area contributed by atoms with E-state index >= 15 is 0 Å². The molecule has 1 aromatic heterocycles. The van der Waals surface area contributed by atoms with Gasteiger partial charge in [0.2, 0.25) is 10.0 Å². The third-order valence-corrected chi connectivity index (χ3v) is 7.52. The molecule has 0 aliphatic carbocycles. The van der Waals surface area contributed by atoms with Crippen LogP contribution in [-0.2, 0) is 10.0 Å². The molecule has 150 valence electrons. The normalized spacial score (nSPS) is 18.3. The zero-order chi connectivity index (χ0) is 20.3. The van der Waals surface area contributed by atoms with Crippen molar-refractivity contribution < 1.29 is 12.8 Å². The van der Waals surface area contributed by atoms with E-state index in [4.69, 9.17) is 0 Å². The van der Waals surface area contributed by atoms with Crippen LogP contribution >= 0.6 is 11.3 Å². The summed E-state index contributed by atoms with van der Waals surface area (Å²) in [6.45, 7) is 0.838. The molecule has 0 spiro atoms. The van der Waals surface area contributed by atoms with Gasteiger partial charge in [0.05, 0.1) is 0 Å². The molecule has 1 aliphatic heterocycles. The first-order valence-corrected chi connectivity index (χ1v) is 11.7. The highest BCUT2D eigenvalue weighted by atomic mass is 32.2. The fraction of sp³-hybridized carbons (Fsp3) is 0.238. The quantitative estimate of drug-likeness (QED) is 0.598. The van der Waals surface area contributed by atoms with Crippen LogP contribution in [0.5, 0.6) is 0 Å². The topological polar surface area (TPSA) is 63.2 Å². The van der Waals surface area contributed by atoms with Gasteiger partial charge in [-0.1, -0.05) is 53.8 Å². The third-order valence-electron chi connectivity index (χ3n) is 4.87. The van der Waals surface area contributed by atoms with Crippen LogP contribution in [0.4, 0.5) is 4.39 Å². The number of aromatic nitrogens is 2. The number of piperidine rings is 1. The largest absolute Gasteiger partial charge is 0.236 e. The minimum absolute atomic E-state index is 0.0401. The van der Waals surface area contributed by atoms with E-state index in [9.17, 15) is 12.8 Å². The van der Waals surface area contributed by atoms with E-state index in [-0.39, 0.29) is 11.7 Å². The maximum atomic E-state index is 14.0. The lowest BCUT2D eigenvalue weighted by Gasteiger charge is -2.29. The van der Waals surface area contributed by atoms with Gasteiger partial charge in [-0.3, -0.25) is 0 Å². The van der Waals surface area contributed by atoms with Crippen LogP contribution in [0.25, 0.3) is 16.6 Å². The van der Waals surface area contributed by atoms with Crippen molar-refractivity contribution in [3.63, 3.8) is 0 Å². The molecule has 8 heteroatoms. The number of halogens is 1. The Kier molecular flexibility index (Phi) is 5.84. The van der Waals surface area contributed by atoms with Crippen LogP contribution in [-0.4, -0.2) is 36.0 Å². The Balaban J connectivity index is 1.50. The maximum absolute atomic E-state index is 14.0. The average Bonchev–Trinajstić information content (AvgIpc) is 3.24.